The third-order valence-corrected chi connectivity index (χ3v) is 6.27. The van der Waals surface area contributed by atoms with Crippen LogP contribution in [0.1, 0.15) is 48.2 Å². The average Bonchev–Trinajstić information content (AvgIpc) is 2.66. The molecule has 3 N–H and O–H groups in total. The molecule has 1 aromatic carbocycles. The quantitative estimate of drug-likeness (QED) is 0.660. The molecule has 0 radical (unpaired) electrons. The second-order valence-corrected chi connectivity index (χ2v) is 7.87. The molecule has 2 aromatic rings. The lowest BCUT2D eigenvalue weighted by Gasteiger charge is -2.39. The molecule has 9 heteroatoms. The number of hydrogen-bond donors (Lipinski definition) is 3. The van der Waals surface area contributed by atoms with Crippen molar-refractivity contribution in [1.82, 2.24) is 10.3 Å². The van der Waals surface area contributed by atoms with Gasteiger partial charge in [-0.15, -0.1) is 0 Å². The van der Waals surface area contributed by atoms with E-state index in [0.717, 1.165) is 19.3 Å². The fourth-order valence-corrected chi connectivity index (χ4v) is 4.51. The number of amides is 1. The van der Waals surface area contributed by atoms with Crippen LogP contribution in [0.4, 0.5) is 0 Å². The Morgan fingerprint density at radius 2 is 1.96 bits per heavy atom. The maximum atomic E-state index is 12.0. The van der Waals surface area contributed by atoms with E-state index in [1.165, 1.54) is 6.20 Å². The fraction of sp³-hybridized carbons (Fsp3) is 0.389. The molecule has 27 heavy (non-hydrogen) atoms. The molecule has 8 nitrogen and oxygen atoms in total. The maximum Gasteiger partial charge on any atom is 0.322 e. The predicted octanol–water partition coefficient (Wildman–Crippen LogP) is 1.79. The van der Waals surface area contributed by atoms with Gasteiger partial charge in [-0.2, -0.15) is 0 Å². The molecule has 1 aromatic heterocycles. The van der Waals surface area contributed by atoms with Crippen LogP contribution in [-0.4, -0.2) is 42.4 Å². The van der Waals surface area contributed by atoms with Crippen molar-refractivity contribution in [2.24, 2.45) is 0 Å². The highest BCUT2D eigenvalue weighted by atomic mass is 32.2. The molecule has 1 heterocycles. The Kier molecular flexibility index (Phi) is 5.43. The van der Waals surface area contributed by atoms with Crippen molar-refractivity contribution < 1.29 is 28.6 Å². The lowest BCUT2D eigenvalue weighted by Crippen LogP contribution is -2.33. The van der Waals surface area contributed by atoms with Gasteiger partial charge in [-0.25, -0.2) is 4.98 Å². The number of hydrogen-bond acceptors (Lipinski definition) is 6. The molecule has 1 fully saturated rings. The Bertz CT molecular complexity index is 923. The number of fused-ring (bicyclic) bond motifs is 1. The summed E-state index contributed by atoms with van der Waals surface area (Å²) in [4.78, 5) is 26.5. The Hall–Kier alpha value is -2.52. The molecule has 1 saturated carbocycles. The van der Waals surface area contributed by atoms with E-state index < -0.39 is 34.2 Å². The topological polar surface area (TPSA) is 140 Å². The summed E-state index contributed by atoms with van der Waals surface area (Å²) in [7, 11) is 0. The number of aromatic nitrogens is 1. The second-order valence-electron chi connectivity index (χ2n) is 6.62. The van der Waals surface area contributed by atoms with Gasteiger partial charge in [-0.3, -0.25) is 13.8 Å². The Labute approximate surface area is 157 Å². The van der Waals surface area contributed by atoms with Gasteiger partial charge in [0.25, 0.3) is 5.91 Å². The number of benzene rings is 1. The molecule has 3 rings (SSSR count). The molecular weight excluding hydrogens is 372 g/mol. The monoisotopic (exact) mass is 391 g/mol. The van der Waals surface area contributed by atoms with Gasteiger partial charge in [-0.1, -0.05) is 31.4 Å². The molecule has 0 spiro atoms. The summed E-state index contributed by atoms with van der Waals surface area (Å²) in [5.74, 6) is -2.38. The molecule has 144 valence electrons. The minimum absolute atomic E-state index is 0.281. The average molecular weight is 391 g/mol. The van der Waals surface area contributed by atoms with E-state index in [1.807, 2.05) is 0 Å². The van der Waals surface area contributed by atoms with Gasteiger partial charge in [0.1, 0.15) is 6.54 Å². The van der Waals surface area contributed by atoms with E-state index in [4.69, 9.17) is 5.11 Å². The zero-order valence-corrected chi connectivity index (χ0v) is 15.3. The zero-order chi connectivity index (χ0) is 19.6. The van der Waals surface area contributed by atoms with Gasteiger partial charge in [0.05, 0.1) is 4.75 Å². The third-order valence-electron chi connectivity index (χ3n) is 4.99. The van der Waals surface area contributed by atoms with Gasteiger partial charge in [0, 0.05) is 17.0 Å². The molecule has 0 aliphatic heterocycles. The minimum Gasteiger partial charge on any atom is -0.772 e. The van der Waals surface area contributed by atoms with Crippen molar-refractivity contribution in [2.45, 2.75) is 36.9 Å². The summed E-state index contributed by atoms with van der Waals surface area (Å²) in [6.45, 7) is -0.589. The molecule has 1 aliphatic rings. The lowest BCUT2D eigenvalue weighted by atomic mass is 9.82. The number of carboxylic acid groups (broad SMARTS) is 1. The molecule has 1 amide bonds. The number of carbonyl (C=O) groups excluding carboxylic acids is 1. The van der Waals surface area contributed by atoms with Crippen LogP contribution in [0.2, 0.25) is 0 Å². The molecule has 1 unspecified atom stereocenters. The molecule has 0 saturated heterocycles. The maximum absolute atomic E-state index is 12.0. The van der Waals surface area contributed by atoms with E-state index >= 15 is 0 Å². The lowest BCUT2D eigenvalue weighted by molar-refractivity contribution is -0.135. The fourth-order valence-electron chi connectivity index (χ4n) is 3.57. The SMILES string of the molecule is O=C(O)CNC(=O)c1ncc2cc(C3(S(=O)[O-])CCCCC3)ccc2c1O. The molecule has 1 aliphatic carbocycles. The van der Waals surface area contributed by atoms with Gasteiger partial charge in [0.15, 0.2) is 11.4 Å². The number of pyridine rings is 1. The van der Waals surface area contributed by atoms with E-state index in [-0.39, 0.29) is 11.4 Å². The van der Waals surface area contributed by atoms with Crippen LogP contribution in [0.3, 0.4) is 0 Å². The van der Waals surface area contributed by atoms with Crippen molar-refractivity contribution in [3.05, 3.63) is 35.7 Å². The van der Waals surface area contributed by atoms with Crippen molar-refractivity contribution in [3.63, 3.8) is 0 Å². The van der Waals surface area contributed by atoms with Crippen LogP contribution < -0.4 is 5.32 Å². The first-order chi connectivity index (χ1) is 12.8. The summed E-state index contributed by atoms with van der Waals surface area (Å²) in [6.07, 6.45) is 5.13. The van der Waals surface area contributed by atoms with Gasteiger partial charge in [-0.05, 0) is 35.6 Å². The second kappa shape index (κ2) is 7.61. The van der Waals surface area contributed by atoms with Crippen LogP contribution in [0, 0.1) is 0 Å². The van der Waals surface area contributed by atoms with Crippen molar-refractivity contribution >= 4 is 33.7 Å². The Morgan fingerprint density at radius 1 is 1.26 bits per heavy atom. The van der Waals surface area contributed by atoms with Crippen molar-refractivity contribution in [2.75, 3.05) is 6.54 Å². The summed E-state index contributed by atoms with van der Waals surface area (Å²) in [5.41, 5.74) is 0.364. The summed E-state index contributed by atoms with van der Waals surface area (Å²) in [5, 5.41) is 22.0. The van der Waals surface area contributed by atoms with Crippen LogP contribution >= 0.6 is 0 Å². The number of carboxylic acids is 1. The standard InChI is InChI=1S/C18H20N2O6S/c21-14(22)10-20-17(24)15-16(23)13-5-4-12(8-11(13)9-19-15)18(27(25)26)6-2-1-3-7-18/h4-5,8-9,23H,1-3,6-7,10H2,(H,20,24)(H,21,22)(H,25,26)/p-1. The highest BCUT2D eigenvalue weighted by Crippen LogP contribution is 2.43. The van der Waals surface area contributed by atoms with Crippen LogP contribution in [0.5, 0.6) is 5.75 Å². The van der Waals surface area contributed by atoms with Crippen molar-refractivity contribution in [3.8, 4) is 5.75 Å². The van der Waals surface area contributed by atoms with E-state index in [2.05, 4.69) is 10.3 Å². The van der Waals surface area contributed by atoms with Gasteiger partial charge < -0.3 is 20.1 Å². The third kappa shape index (κ3) is 3.65. The first-order valence-corrected chi connectivity index (χ1v) is 9.64. The van der Waals surface area contributed by atoms with Crippen LogP contribution in [0.25, 0.3) is 10.8 Å². The molecular formula is C18H19N2O6S-. The van der Waals surface area contributed by atoms with Gasteiger partial charge in [0.2, 0.25) is 0 Å². The number of aliphatic carboxylic acids is 1. The highest BCUT2D eigenvalue weighted by Gasteiger charge is 2.35. The van der Waals surface area contributed by atoms with E-state index in [1.54, 1.807) is 18.2 Å². The number of nitrogens with one attached hydrogen (secondary N) is 1. The van der Waals surface area contributed by atoms with Crippen molar-refractivity contribution in [1.29, 1.82) is 0 Å². The molecule has 1 atom stereocenters. The van der Waals surface area contributed by atoms with E-state index in [0.29, 0.717) is 29.2 Å². The minimum atomic E-state index is -2.28. The number of carbonyl (C=O) groups is 2. The number of rotatable bonds is 5. The van der Waals surface area contributed by atoms with Crippen LogP contribution in [0.15, 0.2) is 24.4 Å². The van der Waals surface area contributed by atoms with Crippen LogP contribution in [-0.2, 0) is 20.6 Å². The zero-order valence-electron chi connectivity index (χ0n) is 14.4. The Morgan fingerprint density at radius 3 is 2.59 bits per heavy atom. The highest BCUT2D eigenvalue weighted by molar-refractivity contribution is 7.80. The molecule has 0 bridgehead atoms. The smallest absolute Gasteiger partial charge is 0.322 e. The Balaban J connectivity index is 2.00. The normalized spacial score (nSPS) is 17.4. The first kappa shape index (κ1) is 19.2. The first-order valence-electron chi connectivity index (χ1n) is 8.57. The summed E-state index contributed by atoms with van der Waals surface area (Å²) in [6, 6.07) is 4.91. The number of aromatic hydroxyl groups is 1. The largest absolute Gasteiger partial charge is 0.772 e. The number of nitrogens with zero attached hydrogens (tertiary/aromatic N) is 1. The predicted molar refractivity (Wildman–Crippen MR) is 97.1 cm³/mol. The van der Waals surface area contributed by atoms with E-state index in [9.17, 15) is 23.5 Å². The summed E-state index contributed by atoms with van der Waals surface area (Å²) < 4.78 is 23.0. The van der Waals surface area contributed by atoms with Gasteiger partial charge >= 0.3 is 5.97 Å². The summed E-state index contributed by atoms with van der Waals surface area (Å²) >= 11 is -2.28.